The molecule has 1 N–H and O–H groups in total. The number of carbonyl (C=O) groups is 1. The second-order valence-corrected chi connectivity index (χ2v) is 5.34. The molecule has 0 unspecified atom stereocenters. The van der Waals surface area contributed by atoms with Crippen LogP contribution in [0, 0.1) is 0 Å². The molecule has 0 saturated heterocycles. The molecule has 0 aliphatic heterocycles. The van der Waals surface area contributed by atoms with Crippen LogP contribution in [0.25, 0.3) is 33.5 Å². The molecule has 0 aliphatic rings. The normalized spacial score (nSPS) is 11.0. The number of rotatable bonds is 2. The first-order valence-corrected chi connectivity index (χ1v) is 7.31. The summed E-state index contributed by atoms with van der Waals surface area (Å²) in [6, 6.07) is 14.1. The quantitative estimate of drug-likeness (QED) is 0.452. The second kappa shape index (κ2) is 5.34. The van der Waals surface area contributed by atoms with Crippen LogP contribution in [0.2, 0.25) is 0 Å². The maximum Gasteiger partial charge on any atom is 0.308 e. The lowest BCUT2D eigenvalue weighted by atomic mass is 10.2. The van der Waals surface area contributed by atoms with E-state index >= 15 is 0 Å². The van der Waals surface area contributed by atoms with E-state index in [1.807, 2.05) is 30.3 Å². The van der Waals surface area contributed by atoms with Crippen LogP contribution in [0.4, 0.5) is 0 Å². The van der Waals surface area contributed by atoms with Crippen molar-refractivity contribution in [2.45, 2.75) is 6.92 Å². The molecule has 118 valence electrons. The van der Waals surface area contributed by atoms with E-state index in [9.17, 15) is 9.59 Å². The maximum atomic E-state index is 12.3. The van der Waals surface area contributed by atoms with E-state index in [1.165, 1.54) is 13.0 Å². The first-order chi connectivity index (χ1) is 11.6. The lowest BCUT2D eigenvalue weighted by Crippen LogP contribution is -2.10. The number of furan rings is 1. The number of carbonyl (C=O) groups excluding carboxylic acids is 1. The van der Waals surface area contributed by atoms with E-state index in [-0.39, 0.29) is 5.56 Å². The molecule has 0 aliphatic carbocycles. The smallest absolute Gasteiger partial charge is 0.308 e. The van der Waals surface area contributed by atoms with Gasteiger partial charge in [0.05, 0.1) is 10.9 Å². The van der Waals surface area contributed by atoms with Gasteiger partial charge < -0.3 is 14.1 Å². The third-order valence-electron chi connectivity index (χ3n) is 3.60. The molecule has 0 radical (unpaired) electrons. The molecule has 0 spiro atoms. The van der Waals surface area contributed by atoms with Gasteiger partial charge in [-0.1, -0.05) is 18.2 Å². The highest BCUT2D eigenvalue weighted by atomic mass is 16.5. The van der Waals surface area contributed by atoms with Crippen LogP contribution in [-0.2, 0) is 4.79 Å². The number of hydrogen-bond donors (Lipinski definition) is 1. The summed E-state index contributed by atoms with van der Waals surface area (Å²) in [5, 5.41) is 1.27. The highest BCUT2D eigenvalue weighted by Gasteiger charge is 2.12. The molecule has 2 heterocycles. The van der Waals surface area contributed by atoms with E-state index in [0.717, 1.165) is 11.0 Å². The zero-order chi connectivity index (χ0) is 16.7. The minimum atomic E-state index is -0.447. The topological polar surface area (TPSA) is 85.2 Å². The number of fused-ring (bicyclic) bond motifs is 2. The molecule has 0 saturated carbocycles. The van der Waals surface area contributed by atoms with Gasteiger partial charge >= 0.3 is 5.97 Å². The number of benzene rings is 2. The Balaban J connectivity index is 1.85. The average molecular weight is 320 g/mol. The Labute approximate surface area is 135 Å². The van der Waals surface area contributed by atoms with Crippen molar-refractivity contribution in [2.75, 3.05) is 0 Å². The van der Waals surface area contributed by atoms with Crippen molar-refractivity contribution >= 4 is 27.8 Å². The minimum Gasteiger partial charge on any atom is -0.453 e. The van der Waals surface area contributed by atoms with Crippen LogP contribution in [0.3, 0.4) is 0 Å². The number of nitrogens with one attached hydrogen (secondary N) is 1. The molecular weight excluding hydrogens is 308 g/mol. The number of nitrogens with zero attached hydrogens (tertiary/aromatic N) is 1. The highest BCUT2D eigenvalue weighted by Crippen LogP contribution is 2.26. The van der Waals surface area contributed by atoms with Gasteiger partial charge in [0, 0.05) is 12.3 Å². The summed E-state index contributed by atoms with van der Waals surface area (Å²) in [4.78, 5) is 30.5. The van der Waals surface area contributed by atoms with E-state index in [4.69, 9.17) is 9.15 Å². The molecule has 0 fully saturated rings. The second-order valence-electron chi connectivity index (χ2n) is 5.34. The van der Waals surface area contributed by atoms with Gasteiger partial charge in [-0.15, -0.1) is 0 Å². The Kier molecular flexibility index (Phi) is 3.16. The molecule has 4 aromatic rings. The van der Waals surface area contributed by atoms with Gasteiger partial charge in [-0.2, -0.15) is 0 Å². The number of ether oxygens (including phenoxy) is 1. The fourth-order valence-electron chi connectivity index (χ4n) is 2.56. The molecule has 2 aromatic heterocycles. The Bertz CT molecular complexity index is 1110. The molecule has 24 heavy (non-hydrogen) atoms. The van der Waals surface area contributed by atoms with Crippen molar-refractivity contribution in [1.29, 1.82) is 0 Å². The first kappa shape index (κ1) is 14.2. The number of para-hydroxylation sites is 1. The molecule has 6 heteroatoms. The molecular formula is C18H12N2O4. The predicted molar refractivity (Wildman–Crippen MR) is 88.9 cm³/mol. The summed E-state index contributed by atoms with van der Waals surface area (Å²) in [5.74, 6) is 0.694. The summed E-state index contributed by atoms with van der Waals surface area (Å²) in [5.41, 5.74) is 0.884. The number of aromatic amines is 1. The van der Waals surface area contributed by atoms with Crippen LogP contribution >= 0.6 is 0 Å². The Morgan fingerprint density at radius 1 is 1.17 bits per heavy atom. The number of esters is 1. The van der Waals surface area contributed by atoms with E-state index in [2.05, 4.69) is 9.97 Å². The van der Waals surface area contributed by atoms with Crippen LogP contribution in [0.5, 0.6) is 5.75 Å². The Hall–Kier alpha value is -3.41. The van der Waals surface area contributed by atoms with Gasteiger partial charge in [-0.3, -0.25) is 9.59 Å². The predicted octanol–water partition coefficient (Wildman–Crippen LogP) is 3.26. The fraction of sp³-hybridized carbons (Fsp3) is 0.0556. The first-order valence-electron chi connectivity index (χ1n) is 7.31. The van der Waals surface area contributed by atoms with Crippen molar-refractivity contribution in [2.24, 2.45) is 0 Å². The molecule has 2 aromatic carbocycles. The van der Waals surface area contributed by atoms with Crippen molar-refractivity contribution in [1.82, 2.24) is 9.97 Å². The Morgan fingerprint density at radius 2 is 2.00 bits per heavy atom. The minimum absolute atomic E-state index is 0.304. The fourth-order valence-corrected chi connectivity index (χ4v) is 2.56. The molecule has 4 rings (SSSR count). The van der Waals surface area contributed by atoms with Gasteiger partial charge in [0.15, 0.2) is 11.6 Å². The van der Waals surface area contributed by atoms with Crippen molar-refractivity contribution in [3.8, 4) is 17.3 Å². The lowest BCUT2D eigenvalue weighted by Gasteiger charge is -2.04. The monoisotopic (exact) mass is 320 g/mol. The lowest BCUT2D eigenvalue weighted by molar-refractivity contribution is -0.131. The van der Waals surface area contributed by atoms with Crippen LogP contribution in [-0.4, -0.2) is 15.9 Å². The maximum absolute atomic E-state index is 12.3. The summed E-state index contributed by atoms with van der Waals surface area (Å²) in [6.07, 6.45) is 0. The van der Waals surface area contributed by atoms with Gasteiger partial charge in [-0.25, -0.2) is 4.98 Å². The summed E-state index contributed by atoms with van der Waals surface area (Å²) >= 11 is 0. The zero-order valence-electron chi connectivity index (χ0n) is 12.7. The summed E-state index contributed by atoms with van der Waals surface area (Å²) in [7, 11) is 0. The summed E-state index contributed by atoms with van der Waals surface area (Å²) < 4.78 is 10.7. The summed E-state index contributed by atoms with van der Waals surface area (Å²) in [6.45, 7) is 1.30. The molecule has 0 amide bonds. The SMILES string of the molecule is CC(=O)Oc1ccc2nc(-c3cc4ccccc4o3)[nH]c(=O)c2c1. The Morgan fingerprint density at radius 3 is 2.79 bits per heavy atom. The highest BCUT2D eigenvalue weighted by molar-refractivity contribution is 5.84. The van der Waals surface area contributed by atoms with Crippen LogP contribution < -0.4 is 10.3 Å². The van der Waals surface area contributed by atoms with E-state index in [0.29, 0.717) is 28.2 Å². The van der Waals surface area contributed by atoms with E-state index in [1.54, 1.807) is 12.1 Å². The number of aromatic nitrogens is 2. The molecule has 6 nitrogen and oxygen atoms in total. The van der Waals surface area contributed by atoms with Gasteiger partial charge in [0.1, 0.15) is 11.3 Å². The largest absolute Gasteiger partial charge is 0.453 e. The van der Waals surface area contributed by atoms with Crippen LogP contribution in [0.1, 0.15) is 6.92 Å². The standard InChI is InChI=1S/C18H12N2O4/c1-10(21)23-12-6-7-14-13(9-12)18(22)20-17(19-14)16-8-11-4-2-3-5-15(11)24-16/h2-9H,1H3,(H,19,20,22). The molecule has 0 atom stereocenters. The number of H-pyrrole nitrogens is 1. The van der Waals surface area contributed by atoms with E-state index < -0.39 is 5.97 Å². The third-order valence-corrected chi connectivity index (χ3v) is 3.60. The number of hydrogen-bond acceptors (Lipinski definition) is 5. The average Bonchev–Trinajstić information content (AvgIpc) is 2.99. The van der Waals surface area contributed by atoms with Gasteiger partial charge in [-0.05, 0) is 30.3 Å². The van der Waals surface area contributed by atoms with Crippen molar-refractivity contribution < 1.29 is 13.9 Å². The van der Waals surface area contributed by atoms with Crippen LogP contribution in [0.15, 0.2) is 57.7 Å². The van der Waals surface area contributed by atoms with Gasteiger partial charge in [0.2, 0.25) is 0 Å². The molecule has 0 bridgehead atoms. The third kappa shape index (κ3) is 2.44. The van der Waals surface area contributed by atoms with Gasteiger partial charge in [0.25, 0.3) is 5.56 Å². The van der Waals surface area contributed by atoms with Crippen molar-refractivity contribution in [3.63, 3.8) is 0 Å². The zero-order valence-corrected chi connectivity index (χ0v) is 12.7. The van der Waals surface area contributed by atoms with Crippen molar-refractivity contribution in [3.05, 3.63) is 58.9 Å².